The van der Waals surface area contributed by atoms with Crippen LogP contribution in [0.5, 0.6) is 0 Å². The zero-order chi connectivity index (χ0) is 19.6. The molecule has 3 N–H and O–H groups in total. The molecule has 2 aromatic rings. The first-order valence-electron chi connectivity index (χ1n) is 8.31. The summed E-state index contributed by atoms with van der Waals surface area (Å²) in [6.45, 7) is 3.99. The Labute approximate surface area is 159 Å². The molecule has 0 fully saturated rings. The van der Waals surface area contributed by atoms with Crippen LogP contribution >= 0.6 is 11.8 Å². The minimum atomic E-state index is -2.79. The number of carbonyl (C=O) groups excluding carboxylic acids is 1. The molecule has 3 heterocycles. The molecule has 0 bridgehead atoms. The number of aromatic nitrogens is 2. The average molecular weight is 391 g/mol. The standard InChI is InChI=1S/C18H19F2N5OS/c1-10-9-18(2,25-17(21)27-10)13-8-11(5-7-22-13)24-16(26)14-12(15(19)20)4-3-6-23-14/h3-8,10,15H,9H2,1-2H3,(H2,21,25)(H,22,24,26)/t10-,18+/m1/s1. The number of halogens is 2. The molecular formula is C18H19F2N5OS. The summed E-state index contributed by atoms with van der Waals surface area (Å²) in [6.07, 6.45) is 0.794. The average Bonchev–Trinajstić information content (AvgIpc) is 2.60. The number of amidine groups is 1. The number of hydrogen-bond acceptors (Lipinski definition) is 6. The van der Waals surface area contributed by atoms with Crippen molar-refractivity contribution < 1.29 is 13.6 Å². The van der Waals surface area contributed by atoms with E-state index < -0.39 is 23.4 Å². The summed E-state index contributed by atoms with van der Waals surface area (Å²) in [5.74, 6) is -0.705. The lowest BCUT2D eigenvalue weighted by atomic mass is 9.91. The molecule has 1 aliphatic rings. The number of nitrogens with two attached hydrogens (primary N) is 1. The summed E-state index contributed by atoms with van der Waals surface area (Å²) in [4.78, 5) is 25.1. The highest BCUT2D eigenvalue weighted by molar-refractivity contribution is 8.14. The molecular weight excluding hydrogens is 372 g/mol. The van der Waals surface area contributed by atoms with Gasteiger partial charge in [0.1, 0.15) is 11.2 Å². The Morgan fingerprint density at radius 1 is 1.37 bits per heavy atom. The van der Waals surface area contributed by atoms with Crippen LogP contribution in [0.4, 0.5) is 14.5 Å². The van der Waals surface area contributed by atoms with E-state index in [1.165, 1.54) is 30.1 Å². The minimum Gasteiger partial charge on any atom is -0.379 e. The maximum absolute atomic E-state index is 13.1. The Bertz CT molecular complexity index is 892. The molecule has 2 atom stereocenters. The first-order chi connectivity index (χ1) is 12.8. The van der Waals surface area contributed by atoms with Crippen LogP contribution in [0, 0.1) is 0 Å². The van der Waals surface area contributed by atoms with Crippen LogP contribution < -0.4 is 11.1 Å². The fourth-order valence-corrected chi connectivity index (χ4v) is 4.14. The SMILES string of the molecule is C[C@@H]1C[C@@](C)(c2cc(NC(=O)c3ncccc3C(F)F)ccn2)N=C(N)S1. The summed E-state index contributed by atoms with van der Waals surface area (Å²) in [5.41, 5.74) is 5.65. The number of aliphatic imine (C=N–C) groups is 1. The zero-order valence-corrected chi connectivity index (χ0v) is 15.6. The molecule has 0 aliphatic carbocycles. The second-order valence-electron chi connectivity index (χ2n) is 6.48. The third-order valence-corrected chi connectivity index (χ3v) is 5.12. The van der Waals surface area contributed by atoms with E-state index in [1.54, 1.807) is 18.3 Å². The highest BCUT2D eigenvalue weighted by Gasteiger charge is 2.34. The second-order valence-corrected chi connectivity index (χ2v) is 7.94. The summed E-state index contributed by atoms with van der Waals surface area (Å²) in [7, 11) is 0. The van der Waals surface area contributed by atoms with E-state index in [1.807, 2.05) is 6.92 Å². The van der Waals surface area contributed by atoms with E-state index in [-0.39, 0.29) is 10.9 Å². The Morgan fingerprint density at radius 3 is 2.85 bits per heavy atom. The van der Waals surface area contributed by atoms with Crippen molar-refractivity contribution in [1.82, 2.24) is 9.97 Å². The molecule has 6 nitrogen and oxygen atoms in total. The van der Waals surface area contributed by atoms with Crippen LogP contribution in [0.2, 0.25) is 0 Å². The van der Waals surface area contributed by atoms with E-state index in [2.05, 4.69) is 27.2 Å². The molecule has 0 spiro atoms. The lowest BCUT2D eigenvalue weighted by molar-refractivity contribution is 0.100. The largest absolute Gasteiger partial charge is 0.379 e. The van der Waals surface area contributed by atoms with Crippen LogP contribution in [0.3, 0.4) is 0 Å². The lowest BCUT2D eigenvalue weighted by Gasteiger charge is -2.32. The van der Waals surface area contributed by atoms with Gasteiger partial charge < -0.3 is 11.1 Å². The van der Waals surface area contributed by atoms with Crippen molar-refractivity contribution in [3.63, 3.8) is 0 Å². The number of alkyl halides is 2. The number of rotatable bonds is 4. The molecule has 3 rings (SSSR count). The van der Waals surface area contributed by atoms with Gasteiger partial charge in [0.05, 0.1) is 5.69 Å². The van der Waals surface area contributed by atoms with Gasteiger partial charge in [-0.2, -0.15) is 0 Å². The molecule has 1 aliphatic heterocycles. The summed E-state index contributed by atoms with van der Waals surface area (Å²) >= 11 is 1.51. The van der Waals surface area contributed by atoms with Crippen molar-refractivity contribution in [1.29, 1.82) is 0 Å². The van der Waals surface area contributed by atoms with Crippen LogP contribution in [-0.2, 0) is 5.54 Å². The number of anilines is 1. The Kier molecular flexibility index (Phi) is 5.41. The van der Waals surface area contributed by atoms with Gasteiger partial charge in [0.25, 0.3) is 12.3 Å². The van der Waals surface area contributed by atoms with Crippen molar-refractivity contribution in [3.05, 3.63) is 53.6 Å². The van der Waals surface area contributed by atoms with Gasteiger partial charge in [-0.25, -0.2) is 13.8 Å². The van der Waals surface area contributed by atoms with Crippen LogP contribution in [0.25, 0.3) is 0 Å². The third kappa shape index (κ3) is 4.24. The maximum atomic E-state index is 13.1. The first kappa shape index (κ1) is 19.2. The van der Waals surface area contributed by atoms with E-state index >= 15 is 0 Å². The molecule has 27 heavy (non-hydrogen) atoms. The second kappa shape index (κ2) is 7.59. The monoisotopic (exact) mass is 391 g/mol. The summed E-state index contributed by atoms with van der Waals surface area (Å²) in [6, 6.07) is 5.82. The van der Waals surface area contributed by atoms with Gasteiger partial charge in [0.15, 0.2) is 5.17 Å². The van der Waals surface area contributed by atoms with E-state index in [4.69, 9.17) is 5.73 Å². The predicted octanol–water partition coefficient (Wildman–Crippen LogP) is 3.72. The Balaban J connectivity index is 1.87. The lowest BCUT2D eigenvalue weighted by Crippen LogP contribution is -2.33. The van der Waals surface area contributed by atoms with Gasteiger partial charge in [-0.05, 0) is 37.6 Å². The van der Waals surface area contributed by atoms with Crippen LogP contribution in [0.15, 0.2) is 41.7 Å². The number of carbonyl (C=O) groups is 1. The maximum Gasteiger partial charge on any atom is 0.274 e. The van der Waals surface area contributed by atoms with Crippen LogP contribution in [-0.4, -0.2) is 26.3 Å². The highest BCUT2D eigenvalue weighted by atomic mass is 32.2. The zero-order valence-electron chi connectivity index (χ0n) is 14.8. The van der Waals surface area contributed by atoms with Gasteiger partial charge >= 0.3 is 0 Å². The molecule has 0 aromatic carbocycles. The molecule has 2 aromatic heterocycles. The van der Waals surface area contributed by atoms with E-state index in [0.29, 0.717) is 16.5 Å². The van der Waals surface area contributed by atoms with Crippen molar-refractivity contribution >= 4 is 28.5 Å². The molecule has 0 unspecified atom stereocenters. The van der Waals surface area contributed by atoms with Crippen molar-refractivity contribution in [2.45, 2.75) is 37.5 Å². The number of pyridine rings is 2. The predicted molar refractivity (Wildman–Crippen MR) is 102 cm³/mol. The van der Waals surface area contributed by atoms with Crippen molar-refractivity contribution in [2.75, 3.05) is 5.32 Å². The number of hydrogen-bond donors (Lipinski definition) is 2. The quantitative estimate of drug-likeness (QED) is 0.828. The smallest absolute Gasteiger partial charge is 0.274 e. The molecule has 0 saturated heterocycles. The topological polar surface area (TPSA) is 93.3 Å². The van der Waals surface area contributed by atoms with Gasteiger partial charge in [-0.3, -0.25) is 14.8 Å². The molecule has 1 amide bonds. The molecule has 0 radical (unpaired) electrons. The van der Waals surface area contributed by atoms with E-state index in [9.17, 15) is 13.6 Å². The van der Waals surface area contributed by atoms with Crippen molar-refractivity contribution in [3.8, 4) is 0 Å². The van der Waals surface area contributed by atoms with Crippen molar-refractivity contribution in [2.24, 2.45) is 10.7 Å². The Hall–Kier alpha value is -2.55. The molecule has 0 saturated carbocycles. The van der Waals surface area contributed by atoms with E-state index in [0.717, 1.165) is 6.42 Å². The van der Waals surface area contributed by atoms with Gasteiger partial charge in [0, 0.05) is 28.9 Å². The molecule has 9 heteroatoms. The number of amides is 1. The fraction of sp³-hybridized carbons (Fsp3) is 0.333. The first-order valence-corrected chi connectivity index (χ1v) is 9.19. The molecule has 142 valence electrons. The normalized spacial score (nSPS) is 22.4. The van der Waals surface area contributed by atoms with Gasteiger partial charge in [-0.15, -0.1) is 0 Å². The van der Waals surface area contributed by atoms with Gasteiger partial charge in [-0.1, -0.05) is 18.7 Å². The fourth-order valence-electron chi connectivity index (χ4n) is 3.06. The Morgan fingerprint density at radius 2 is 2.15 bits per heavy atom. The van der Waals surface area contributed by atoms with Gasteiger partial charge in [0.2, 0.25) is 0 Å². The minimum absolute atomic E-state index is 0.273. The third-order valence-electron chi connectivity index (χ3n) is 4.22. The highest BCUT2D eigenvalue weighted by Crippen LogP contribution is 2.38. The summed E-state index contributed by atoms with van der Waals surface area (Å²) in [5, 5.41) is 3.37. The summed E-state index contributed by atoms with van der Waals surface area (Å²) < 4.78 is 26.2. The number of nitrogens with one attached hydrogen (secondary N) is 1. The number of nitrogens with zero attached hydrogens (tertiary/aromatic N) is 3. The van der Waals surface area contributed by atoms with Crippen LogP contribution in [0.1, 0.15) is 48.4 Å². The number of thioether (sulfide) groups is 1.